The minimum atomic E-state index is 0.285. The summed E-state index contributed by atoms with van der Waals surface area (Å²) in [5, 5.41) is 21.1. The van der Waals surface area contributed by atoms with Crippen molar-refractivity contribution in [3.8, 4) is 0 Å². The number of rotatable bonds is 2. The topological polar surface area (TPSA) is 64.5 Å². The summed E-state index contributed by atoms with van der Waals surface area (Å²) < 4.78 is 0. The van der Waals surface area contributed by atoms with Gasteiger partial charge in [0.15, 0.2) is 0 Å². The quantitative estimate of drug-likeness (QED) is 0.770. The summed E-state index contributed by atoms with van der Waals surface area (Å²) in [6.45, 7) is 8.30. The first-order chi connectivity index (χ1) is 7.61. The average molecular weight is 217 g/mol. The van der Waals surface area contributed by atoms with E-state index in [4.69, 9.17) is 0 Å². The van der Waals surface area contributed by atoms with Crippen molar-refractivity contribution in [2.45, 2.75) is 39.5 Å². The normalized spacial score (nSPS) is 11.6. The summed E-state index contributed by atoms with van der Waals surface area (Å²) in [6, 6.07) is 0. The highest BCUT2D eigenvalue weighted by atomic mass is 15.3. The minimum absolute atomic E-state index is 0.285. The summed E-state index contributed by atoms with van der Waals surface area (Å²) in [5.41, 5.74) is 2.64. The van der Waals surface area contributed by atoms with Crippen LogP contribution in [0.25, 0.3) is 10.9 Å². The fourth-order valence-electron chi connectivity index (χ4n) is 1.67. The summed E-state index contributed by atoms with van der Waals surface area (Å²) >= 11 is 0. The van der Waals surface area contributed by atoms with Gasteiger partial charge in [0.25, 0.3) is 0 Å². The van der Waals surface area contributed by atoms with E-state index in [1.165, 1.54) is 0 Å². The van der Waals surface area contributed by atoms with E-state index in [0.29, 0.717) is 5.92 Å². The summed E-state index contributed by atoms with van der Waals surface area (Å²) in [6.07, 6.45) is 1.72. The molecule has 0 spiro atoms. The first-order valence-corrected chi connectivity index (χ1v) is 5.45. The van der Waals surface area contributed by atoms with E-state index in [0.717, 1.165) is 22.3 Å². The molecule has 0 aliphatic heterocycles. The van der Waals surface area contributed by atoms with E-state index in [2.05, 4.69) is 53.3 Å². The Kier molecular flexibility index (Phi) is 2.77. The first kappa shape index (κ1) is 10.9. The van der Waals surface area contributed by atoms with Crippen molar-refractivity contribution in [3.63, 3.8) is 0 Å². The maximum atomic E-state index is 4.27. The molecule has 2 heterocycles. The van der Waals surface area contributed by atoms with Gasteiger partial charge < -0.3 is 0 Å². The zero-order chi connectivity index (χ0) is 11.7. The number of hydrogen-bond acceptors (Lipinski definition) is 5. The van der Waals surface area contributed by atoms with E-state index in [-0.39, 0.29) is 5.92 Å². The fraction of sp³-hybridized carbons (Fsp3) is 0.545. The van der Waals surface area contributed by atoms with E-state index < -0.39 is 0 Å². The van der Waals surface area contributed by atoms with Gasteiger partial charge in [-0.2, -0.15) is 10.2 Å². The van der Waals surface area contributed by atoms with Crippen LogP contribution in [0.3, 0.4) is 0 Å². The molecule has 5 heteroatoms. The number of aromatic nitrogens is 5. The molecule has 0 N–H and O–H groups in total. The highest BCUT2D eigenvalue weighted by Crippen LogP contribution is 2.25. The van der Waals surface area contributed by atoms with E-state index in [9.17, 15) is 0 Å². The Morgan fingerprint density at radius 2 is 1.50 bits per heavy atom. The van der Waals surface area contributed by atoms with E-state index in [1.807, 2.05) is 0 Å². The van der Waals surface area contributed by atoms with Crippen LogP contribution in [0.2, 0.25) is 0 Å². The van der Waals surface area contributed by atoms with Gasteiger partial charge in [-0.1, -0.05) is 27.7 Å². The summed E-state index contributed by atoms with van der Waals surface area (Å²) in [4.78, 5) is 0. The standard InChI is InChI=1S/C11H15N5/c1-6(2)9-8-5-12-16-15-11(8)10(7(3)4)14-13-9/h5-7H,1-4H3. The third kappa shape index (κ3) is 1.73. The Hall–Kier alpha value is -1.65. The van der Waals surface area contributed by atoms with Crippen LogP contribution in [0.15, 0.2) is 6.20 Å². The zero-order valence-corrected chi connectivity index (χ0v) is 9.97. The van der Waals surface area contributed by atoms with Gasteiger partial charge in [0.1, 0.15) is 5.52 Å². The molecule has 84 valence electrons. The van der Waals surface area contributed by atoms with Gasteiger partial charge in [-0.15, -0.1) is 10.2 Å². The van der Waals surface area contributed by atoms with Gasteiger partial charge in [-0.3, -0.25) is 0 Å². The molecule has 0 atom stereocenters. The summed E-state index contributed by atoms with van der Waals surface area (Å²) in [7, 11) is 0. The SMILES string of the molecule is CC(C)c1nnc(C(C)C)c2nnncc12. The van der Waals surface area contributed by atoms with Crippen molar-refractivity contribution in [3.05, 3.63) is 17.6 Å². The number of hydrogen-bond donors (Lipinski definition) is 0. The molecular formula is C11H15N5. The molecule has 0 amide bonds. The molecule has 0 aromatic carbocycles. The zero-order valence-electron chi connectivity index (χ0n) is 9.97. The Morgan fingerprint density at radius 1 is 0.875 bits per heavy atom. The molecule has 2 rings (SSSR count). The predicted molar refractivity (Wildman–Crippen MR) is 61.1 cm³/mol. The molecule has 5 nitrogen and oxygen atoms in total. The molecule has 0 saturated heterocycles. The second-order valence-electron chi connectivity index (χ2n) is 4.48. The maximum absolute atomic E-state index is 4.27. The van der Waals surface area contributed by atoms with Crippen LogP contribution >= 0.6 is 0 Å². The van der Waals surface area contributed by atoms with Crippen LogP contribution in [0.1, 0.15) is 50.9 Å². The smallest absolute Gasteiger partial charge is 0.122 e. The van der Waals surface area contributed by atoms with Crippen LogP contribution in [-0.2, 0) is 0 Å². The largest absolute Gasteiger partial charge is 0.154 e. The summed E-state index contributed by atoms with van der Waals surface area (Å²) in [5.74, 6) is 0.593. The monoisotopic (exact) mass is 217 g/mol. The maximum Gasteiger partial charge on any atom is 0.122 e. The van der Waals surface area contributed by atoms with Crippen molar-refractivity contribution < 1.29 is 0 Å². The lowest BCUT2D eigenvalue weighted by Crippen LogP contribution is -2.06. The van der Waals surface area contributed by atoms with Gasteiger partial charge in [-0.05, 0) is 17.0 Å². The molecule has 0 unspecified atom stereocenters. The molecule has 0 bridgehead atoms. The predicted octanol–water partition coefficient (Wildman–Crippen LogP) is 2.06. The Labute approximate surface area is 94.3 Å². The fourth-order valence-corrected chi connectivity index (χ4v) is 1.67. The number of fused-ring (bicyclic) bond motifs is 1. The number of nitrogens with zero attached hydrogens (tertiary/aromatic N) is 5. The lowest BCUT2D eigenvalue weighted by atomic mass is 10.0. The highest BCUT2D eigenvalue weighted by Gasteiger charge is 2.15. The first-order valence-electron chi connectivity index (χ1n) is 5.45. The third-order valence-electron chi connectivity index (χ3n) is 2.52. The van der Waals surface area contributed by atoms with Crippen molar-refractivity contribution >= 4 is 10.9 Å². The van der Waals surface area contributed by atoms with Crippen molar-refractivity contribution in [2.24, 2.45) is 0 Å². The van der Waals surface area contributed by atoms with Crippen molar-refractivity contribution in [1.82, 2.24) is 25.6 Å². The van der Waals surface area contributed by atoms with Crippen LogP contribution in [0, 0.1) is 0 Å². The van der Waals surface area contributed by atoms with Gasteiger partial charge in [0, 0.05) is 5.39 Å². The lowest BCUT2D eigenvalue weighted by Gasteiger charge is -2.10. The van der Waals surface area contributed by atoms with E-state index in [1.54, 1.807) is 6.20 Å². The Morgan fingerprint density at radius 3 is 2.12 bits per heavy atom. The Balaban J connectivity index is 2.77. The third-order valence-corrected chi connectivity index (χ3v) is 2.52. The molecule has 0 saturated carbocycles. The van der Waals surface area contributed by atoms with Crippen LogP contribution < -0.4 is 0 Å². The minimum Gasteiger partial charge on any atom is -0.154 e. The van der Waals surface area contributed by atoms with Crippen LogP contribution in [0.4, 0.5) is 0 Å². The molecule has 0 aliphatic carbocycles. The van der Waals surface area contributed by atoms with E-state index >= 15 is 0 Å². The van der Waals surface area contributed by atoms with Crippen molar-refractivity contribution in [2.75, 3.05) is 0 Å². The molecular weight excluding hydrogens is 202 g/mol. The average Bonchev–Trinajstić information content (AvgIpc) is 2.27. The lowest BCUT2D eigenvalue weighted by molar-refractivity contribution is 0.738. The molecule has 0 fully saturated rings. The van der Waals surface area contributed by atoms with Gasteiger partial charge >= 0.3 is 0 Å². The molecule has 2 aromatic heterocycles. The molecule has 16 heavy (non-hydrogen) atoms. The molecule has 0 radical (unpaired) electrons. The second kappa shape index (κ2) is 4.08. The van der Waals surface area contributed by atoms with Gasteiger partial charge in [-0.25, -0.2) is 0 Å². The highest BCUT2D eigenvalue weighted by molar-refractivity contribution is 5.81. The molecule has 2 aromatic rings. The van der Waals surface area contributed by atoms with Crippen LogP contribution in [-0.4, -0.2) is 25.6 Å². The van der Waals surface area contributed by atoms with Gasteiger partial charge in [0.2, 0.25) is 0 Å². The second-order valence-corrected chi connectivity index (χ2v) is 4.48. The Bertz CT molecular complexity index is 460. The van der Waals surface area contributed by atoms with Crippen molar-refractivity contribution in [1.29, 1.82) is 0 Å². The van der Waals surface area contributed by atoms with Gasteiger partial charge in [0.05, 0.1) is 17.6 Å². The molecule has 0 aliphatic rings. The van der Waals surface area contributed by atoms with Crippen LogP contribution in [0.5, 0.6) is 0 Å².